The van der Waals surface area contributed by atoms with Crippen LogP contribution in [0.25, 0.3) is 0 Å². The molecule has 174 valence electrons. The quantitative estimate of drug-likeness (QED) is 0.322. The van der Waals surface area contributed by atoms with Gasteiger partial charge in [-0.05, 0) is 45.1 Å². The molecule has 1 aliphatic heterocycles. The van der Waals surface area contributed by atoms with Gasteiger partial charge in [0.2, 0.25) is 29.5 Å². The second-order valence-electron chi connectivity index (χ2n) is 7.99. The molecule has 0 aliphatic carbocycles. The predicted molar refractivity (Wildman–Crippen MR) is 116 cm³/mol. The summed E-state index contributed by atoms with van der Waals surface area (Å²) in [6, 6.07) is -2.18. The molecule has 1 rings (SSSR count). The van der Waals surface area contributed by atoms with E-state index in [-0.39, 0.29) is 24.3 Å². The summed E-state index contributed by atoms with van der Waals surface area (Å²) in [4.78, 5) is 62.5. The van der Waals surface area contributed by atoms with Gasteiger partial charge in [-0.15, -0.1) is 0 Å². The highest BCUT2D eigenvalue weighted by molar-refractivity contribution is 5.95. The van der Waals surface area contributed by atoms with Crippen LogP contribution in [0.15, 0.2) is 12.7 Å². The molecule has 1 heterocycles. The molecule has 0 radical (unpaired) electrons. The molecule has 1 fully saturated rings. The molecular weight excluding hydrogens is 402 g/mol. The summed E-state index contributed by atoms with van der Waals surface area (Å²) in [5.41, 5.74) is 0. The first-order valence-electron chi connectivity index (χ1n) is 10.7. The van der Waals surface area contributed by atoms with Crippen LogP contribution >= 0.6 is 0 Å². The standard InChI is InChI=1S/C21H35N5O5/c1-6-17(27)24-14(5)21(31)26-10-8-9-16(26)20(30)23-12-18(28)25-15(11-13(3)4)19(29)22-7-2/h6,13-16H,1,7-12H2,2-5H3,(H,22,29)(H,23,30)(H,24,27)(H,25,28)/t14-,15-,16-/m0/s1. The van der Waals surface area contributed by atoms with Crippen molar-refractivity contribution in [2.24, 2.45) is 5.92 Å². The zero-order valence-electron chi connectivity index (χ0n) is 18.8. The van der Waals surface area contributed by atoms with E-state index in [0.717, 1.165) is 6.08 Å². The van der Waals surface area contributed by atoms with E-state index in [4.69, 9.17) is 0 Å². The van der Waals surface area contributed by atoms with Crippen molar-refractivity contribution < 1.29 is 24.0 Å². The second kappa shape index (κ2) is 12.7. The average Bonchev–Trinajstić information content (AvgIpc) is 3.20. The maximum atomic E-state index is 12.6. The molecule has 0 aromatic heterocycles. The third-order valence-corrected chi connectivity index (χ3v) is 4.89. The molecule has 0 unspecified atom stereocenters. The molecule has 3 atom stereocenters. The van der Waals surface area contributed by atoms with Gasteiger partial charge in [-0.25, -0.2) is 0 Å². The number of nitrogens with zero attached hydrogens (tertiary/aromatic N) is 1. The van der Waals surface area contributed by atoms with Crippen molar-refractivity contribution in [3.05, 3.63) is 12.7 Å². The van der Waals surface area contributed by atoms with Crippen LogP contribution < -0.4 is 21.3 Å². The van der Waals surface area contributed by atoms with Crippen molar-refractivity contribution in [3.8, 4) is 0 Å². The van der Waals surface area contributed by atoms with Crippen molar-refractivity contribution in [2.75, 3.05) is 19.6 Å². The van der Waals surface area contributed by atoms with Crippen molar-refractivity contribution >= 4 is 29.5 Å². The Kier molecular flexibility index (Phi) is 10.7. The van der Waals surface area contributed by atoms with Gasteiger partial charge in [0.25, 0.3) is 0 Å². The van der Waals surface area contributed by atoms with Gasteiger partial charge in [-0.3, -0.25) is 24.0 Å². The first kappa shape index (κ1) is 26.1. The topological polar surface area (TPSA) is 137 Å². The zero-order valence-corrected chi connectivity index (χ0v) is 18.8. The minimum atomic E-state index is -0.795. The highest BCUT2D eigenvalue weighted by Crippen LogP contribution is 2.18. The first-order valence-corrected chi connectivity index (χ1v) is 10.7. The van der Waals surface area contributed by atoms with Gasteiger partial charge in [-0.2, -0.15) is 0 Å². The summed E-state index contributed by atoms with van der Waals surface area (Å²) in [6.07, 6.45) is 2.66. The normalized spacial score (nSPS) is 17.5. The van der Waals surface area contributed by atoms with E-state index in [0.29, 0.717) is 32.4 Å². The summed E-state index contributed by atoms with van der Waals surface area (Å²) in [6.45, 7) is 11.1. The van der Waals surface area contributed by atoms with E-state index in [9.17, 15) is 24.0 Å². The van der Waals surface area contributed by atoms with Gasteiger partial charge in [0.05, 0.1) is 6.54 Å². The number of carbonyl (C=O) groups excluding carboxylic acids is 5. The molecule has 1 saturated heterocycles. The highest BCUT2D eigenvalue weighted by atomic mass is 16.2. The Balaban J connectivity index is 2.63. The maximum Gasteiger partial charge on any atom is 0.245 e. The van der Waals surface area contributed by atoms with Crippen LogP contribution in [0.3, 0.4) is 0 Å². The predicted octanol–water partition coefficient (Wildman–Crippen LogP) is -0.549. The Bertz CT molecular complexity index is 694. The maximum absolute atomic E-state index is 12.6. The van der Waals surface area contributed by atoms with Crippen molar-refractivity contribution in [1.29, 1.82) is 0 Å². The van der Waals surface area contributed by atoms with Gasteiger partial charge >= 0.3 is 0 Å². The lowest BCUT2D eigenvalue weighted by molar-refractivity contribution is -0.141. The van der Waals surface area contributed by atoms with Gasteiger partial charge in [0.1, 0.15) is 18.1 Å². The van der Waals surface area contributed by atoms with E-state index in [1.807, 2.05) is 13.8 Å². The second-order valence-corrected chi connectivity index (χ2v) is 7.99. The van der Waals surface area contributed by atoms with Crippen molar-refractivity contribution in [1.82, 2.24) is 26.2 Å². The van der Waals surface area contributed by atoms with Crippen LogP contribution in [0.4, 0.5) is 0 Å². The van der Waals surface area contributed by atoms with Crippen LogP contribution in [0, 0.1) is 5.92 Å². The number of hydrogen-bond donors (Lipinski definition) is 4. The molecule has 10 heteroatoms. The summed E-state index contributed by atoms with van der Waals surface area (Å²) in [7, 11) is 0. The average molecular weight is 438 g/mol. The number of likely N-dealkylation sites (tertiary alicyclic amines) is 1. The van der Waals surface area contributed by atoms with Gasteiger partial charge in [-0.1, -0.05) is 20.4 Å². The smallest absolute Gasteiger partial charge is 0.245 e. The van der Waals surface area contributed by atoms with E-state index < -0.39 is 35.8 Å². The number of hydrogen-bond acceptors (Lipinski definition) is 5. The fourth-order valence-corrected chi connectivity index (χ4v) is 3.42. The molecular formula is C21H35N5O5. The summed E-state index contributed by atoms with van der Waals surface area (Å²) >= 11 is 0. The molecule has 1 aliphatic rings. The number of rotatable bonds is 11. The fraction of sp³-hybridized carbons (Fsp3) is 0.667. The summed E-state index contributed by atoms with van der Waals surface area (Å²) in [5.74, 6) is -1.83. The summed E-state index contributed by atoms with van der Waals surface area (Å²) in [5, 5.41) is 10.4. The molecule has 0 aromatic rings. The lowest BCUT2D eigenvalue weighted by Gasteiger charge is -2.27. The zero-order chi connectivity index (χ0) is 23.6. The number of nitrogens with one attached hydrogen (secondary N) is 4. The van der Waals surface area contributed by atoms with E-state index in [1.165, 1.54) is 4.90 Å². The lowest BCUT2D eigenvalue weighted by Crippen LogP contribution is -2.54. The third kappa shape index (κ3) is 8.39. The van der Waals surface area contributed by atoms with Crippen LogP contribution in [-0.2, 0) is 24.0 Å². The van der Waals surface area contributed by atoms with Crippen molar-refractivity contribution in [2.45, 2.75) is 65.1 Å². The van der Waals surface area contributed by atoms with E-state index in [2.05, 4.69) is 27.8 Å². The largest absolute Gasteiger partial charge is 0.355 e. The minimum absolute atomic E-state index is 0.198. The van der Waals surface area contributed by atoms with E-state index in [1.54, 1.807) is 13.8 Å². The monoisotopic (exact) mass is 437 g/mol. The van der Waals surface area contributed by atoms with E-state index >= 15 is 0 Å². The Morgan fingerprint density at radius 2 is 1.77 bits per heavy atom. The Labute approximate surface area is 183 Å². The SMILES string of the molecule is C=CC(=O)N[C@@H](C)C(=O)N1CCC[C@H]1C(=O)NCC(=O)N[C@@H](CC(C)C)C(=O)NCC. The van der Waals surface area contributed by atoms with Crippen LogP contribution in [-0.4, -0.2) is 72.2 Å². The Morgan fingerprint density at radius 1 is 1.10 bits per heavy atom. The molecule has 0 bridgehead atoms. The van der Waals surface area contributed by atoms with Crippen molar-refractivity contribution in [3.63, 3.8) is 0 Å². The number of carbonyl (C=O) groups is 5. The molecule has 0 spiro atoms. The third-order valence-electron chi connectivity index (χ3n) is 4.89. The molecule has 4 N–H and O–H groups in total. The Morgan fingerprint density at radius 3 is 2.35 bits per heavy atom. The van der Waals surface area contributed by atoms with Crippen LogP contribution in [0.2, 0.25) is 0 Å². The molecule has 0 saturated carbocycles. The number of likely N-dealkylation sites (N-methyl/N-ethyl adjacent to an activating group) is 1. The Hall–Kier alpha value is -2.91. The first-order chi connectivity index (χ1) is 14.6. The fourth-order valence-electron chi connectivity index (χ4n) is 3.42. The number of amides is 5. The van der Waals surface area contributed by atoms with Gasteiger partial charge in [0.15, 0.2) is 0 Å². The molecule has 0 aromatic carbocycles. The summed E-state index contributed by atoms with van der Waals surface area (Å²) < 4.78 is 0. The van der Waals surface area contributed by atoms with Crippen LogP contribution in [0.5, 0.6) is 0 Å². The highest BCUT2D eigenvalue weighted by Gasteiger charge is 2.36. The van der Waals surface area contributed by atoms with Gasteiger partial charge in [0, 0.05) is 13.1 Å². The lowest BCUT2D eigenvalue weighted by atomic mass is 10.0. The van der Waals surface area contributed by atoms with Gasteiger partial charge < -0.3 is 26.2 Å². The molecule has 5 amide bonds. The van der Waals surface area contributed by atoms with Crippen LogP contribution in [0.1, 0.15) is 47.0 Å². The molecule has 31 heavy (non-hydrogen) atoms. The minimum Gasteiger partial charge on any atom is -0.355 e. The molecule has 10 nitrogen and oxygen atoms in total.